The molecule has 0 unspecified atom stereocenters. The maximum Gasteiger partial charge on any atom is 0.158 e. The Bertz CT molecular complexity index is 433. The highest BCUT2D eigenvalue weighted by Crippen LogP contribution is 2.08. The first-order valence-electron chi connectivity index (χ1n) is 4.75. The predicted octanol–water partition coefficient (Wildman–Crippen LogP) is 0.800. The number of nitrogens with zero attached hydrogens (tertiary/aromatic N) is 3. The monoisotopic (exact) mass is 190 g/mol. The summed E-state index contributed by atoms with van der Waals surface area (Å²) in [5.41, 5.74) is 3.05. The van der Waals surface area contributed by atoms with Gasteiger partial charge in [-0.2, -0.15) is 0 Å². The number of aromatic nitrogens is 3. The van der Waals surface area contributed by atoms with E-state index in [0.29, 0.717) is 0 Å². The molecule has 2 heterocycles. The van der Waals surface area contributed by atoms with E-state index in [0.717, 1.165) is 30.0 Å². The molecule has 74 valence electrons. The van der Waals surface area contributed by atoms with Crippen molar-refractivity contribution in [2.45, 2.75) is 13.3 Å². The van der Waals surface area contributed by atoms with Gasteiger partial charge >= 0.3 is 0 Å². The van der Waals surface area contributed by atoms with Crippen molar-refractivity contribution in [1.82, 2.24) is 19.7 Å². The van der Waals surface area contributed by atoms with Crippen molar-refractivity contribution in [2.24, 2.45) is 0 Å². The summed E-state index contributed by atoms with van der Waals surface area (Å²) in [5.74, 6) is 0. The first-order chi connectivity index (χ1) is 6.81. The summed E-state index contributed by atoms with van der Waals surface area (Å²) >= 11 is 0. The summed E-state index contributed by atoms with van der Waals surface area (Å²) in [6.45, 7) is 2.92. The van der Waals surface area contributed by atoms with Crippen LogP contribution in [-0.2, 0) is 6.42 Å². The van der Waals surface area contributed by atoms with Crippen molar-refractivity contribution in [2.75, 3.05) is 13.6 Å². The van der Waals surface area contributed by atoms with Gasteiger partial charge in [-0.05, 0) is 14.0 Å². The van der Waals surface area contributed by atoms with Crippen LogP contribution in [0.4, 0.5) is 0 Å². The fraction of sp³-hybridized carbons (Fsp3) is 0.400. The van der Waals surface area contributed by atoms with Gasteiger partial charge in [-0.1, -0.05) is 0 Å². The molecular weight excluding hydrogens is 176 g/mol. The third-order valence-electron chi connectivity index (χ3n) is 2.18. The van der Waals surface area contributed by atoms with Crippen LogP contribution in [0.25, 0.3) is 5.65 Å². The van der Waals surface area contributed by atoms with Crippen LogP contribution in [0.5, 0.6) is 0 Å². The number of rotatable bonds is 3. The van der Waals surface area contributed by atoms with Gasteiger partial charge in [0.05, 0.1) is 11.4 Å². The fourth-order valence-electron chi connectivity index (χ4n) is 1.52. The van der Waals surface area contributed by atoms with E-state index < -0.39 is 0 Å². The molecule has 0 aromatic carbocycles. The Hall–Kier alpha value is -1.42. The molecule has 2 rings (SSSR count). The molecule has 0 fully saturated rings. The molecule has 4 nitrogen and oxygen atoms in total. The smallest absolute Gasteiger partial charge is 0.158 e. The molecule has 4 heteroatoms. The molecule has 0 atom stereocenters. The highest BCUT2D eigenvalue weighted by molar-refractivity contribution is 5.44. The van der Waals surface area contributed by atoms with Crippen LogP contribution in [-0.4, -0.2) is 28.0 Å². The molecule has 0 aliphatic rings. The van der Waals surface area contributed by atoms with Crippen LogP contribution in [0.3, 0.4) is 0 Å². The Labute approximate surface area is 83.0 Å². The van der Waals surface area contributed by atoms with Crippen molar-refractivity contribution < 1.29 is 0 Å². The number of hydrogen-bond donors (Lipinski definition) is 1. The summed E-state index contributed by atoms with van der Waals surface area (Å²) in [6, 6.07) is 0. The van der Waals surface area contributed by atoms with Crippen molar-refractivity contribution in [3.8, 4) is 0 Å². The average molecular weight is 190 g/mol. The molecule has 0 radical (unpaired) electrons. The SMILES string of the molecule is CNCCc1nccn2cc(C)nc12. The van der Waals surface area contributed by atoms with Crippen LogP contribution < -0.4 is 5.32 Å². The van der Waals surface area contributed by atoms with E-state index in [1.54, 1.807) is 0 Å². The van der Waals surface area contributed by atoms with Crippen LogP contribution in [0, 0.1) is 6.92 Å². The lowest BCUT2D eigenvalue weighted by Crippen LogP contribution is -2.12. The van der Waals surface area contributed by atoms with Gasteiger partial charge < -0.3 is 9.72 Å². The zero-order valence-corrected chi connectivity index (χ0v) is 8.49. The van der Waals surface area contributed by atoms with Crippen LogP contribution >= 0.6 is 0 Å². The number of aryl methyl sites for hydroxylation is 1. The maximum atomic E-state index is 4.44. The Morgan fingerprint density at radius 1 is 1.50 bits per heavy atom. The molecule has 2 aromatic heterocycles. The Kier molecular flexibility index (Phi) is 2.45. The Morgan fingerprint density at radius 3 is 3.14 bits per heavy atom. The van der Waals surface area contributed by atoms with E-state index in [2.05, 4.69) is 15.3 Å². The fourth-order valence-corrected chi connectivity index (χ4v) is 1.52. The highest BCUT2D eigenvalue weighted by atomic mass is 15.0. The topological polar surface area (TPSA) is 42.2 Å². The van der Waals surface area contributed by atoms with E-state index in [1.807, 2.05) is 37.0 Å². The molecule has 0 bridgehead atoms. The summed E-state index contributed by atoms with van der Waals surface area (Å²) in [7, 11) is 1.94. The highest BCUT2D eigenvalue weighted by Gasteiger charge is 2.04. The number of nitrogens with one attached hydrogen (secondary N) is 1. The van der Waals surface area contributed by atoms with Crippen molar-refractivity contribution in [3.05, 3.63) is 30.0 Å². The summed E-state index contributed by atoms with van der Waals surface area (Å²) in [5, 5.41) is 3.11. The first-order valence-corrected chi connectivity index (χ1v) is 4.75. The number of hydrogen-bond acceptors (Lipinski definition) is 3. The molecular formula is C10H14N4. The minimum absolute atomic E-state index is 0.914. The molecule has 0 saturated heterocycles. The average Bonchev–Trinajstić information content (AvgIpc) is 2.55. The molecule has 0 aliphatic heterocycles. The van der Waals surface area contributed by atoms with Gasteiger partial charge in [0.1, 0.15) is 0 Å². The minimum atomic E-state index is 0.914. The van der Waals surface area contributed by atoms with Gasteiger partial charge in [0, 0.05) is 31.6 Å². The van der Waals surface area contributed by atoms with Crippen molar-refractivity contribution >= 4 is 5.65 Å². The van der Waals surface area contributed by atoms with E-state index in [-0.39, 0.29) is 0 Å². The standard InChI is InChI=1S/C10H14N4/c1-8-7-14-6-5-12-9(3-4-11-2)10(14)13-8/h5-7,11H,3-4H2,1-2H3. The van der Waals surface area contributed by atoms with Crippen LogP contribution in [0.15, 0.2) is 18.6 Å². The summed E-state index contributed by atoms with van der Waals surface area (Å²) in [6.07, 6.45) is 6.68. The predicted molar refractivity (Wildman–Crippen MR) is 55.4 cm³/mol. The van der Waals surface area contributed by atoms with Gasteiger partial charge in [-0.25, -0.2) is 4.98 Å². The lowest BCUT2D eigenvalue weighted by atomic mass is 10.3. The number of fused-ring (bicyclic) bond motifs is 1. The Balaban J connectivity index is 2.42. The third kappa shape index (κ3) is 1.61. The van der Waals surface area contributed by atoms with Gasteiger partial charge in [-0.3, -0.25) is 4.98 Å². The largest absolute Gasteiger partial charge is 0.319 e. The summed E-state index contributed by atoms with van der Waals surface area (Å²) in [4.78, 5) is 8.77. The zero-order valence-electron chi connectivity index (χ0n) is 8.49. The van der Waals surface area contributed by atoms with E-state index in [9.17, 15) is 0 Å². The van der Waals surface area contributed by atoms with E-state index in [4.69, 9.17) is 0 Å². The number of imidazole rings is 1. The van der Waals surface area contributed by atoms with E-state index >= 15 is 0 Å². The molecule has 2 aromatic rings. The van der Waals surface area contributed by atoms with Crippen LogP contribution in [0.2, 0.25) is 0 Å². The molecule has 1 N–H and O–H groups in total. The molecule has 0 amide bonds. The van der Waals surface area contributed by atoms with E-state index in [1.165, 1.54) is 0 Å². The second kappa shape index (κ2) is 3.75. The van der Waals surface area contributed by atoms with Crippen molar-refractivity contribution in [1.29, 1.82) is 0 Å². The van der Waals surface area contributed by atoms with Gasteiger partial charge in [-0.15, -0.1) is 0 Å². The van der Waals surface area contributed by atoms with Gasteiger partial charge in [0.15, 0.2) is 5.65 Å². The Morgan fingerprint density at radius 2 is 2.36 bits per heavy atom. The first kappa shape index (κ1) is 9.15. The van der Waals surface area contributed by atoms with Crippen LogP contribution in [0.1, 0.15) is 11.4 Å². The second-order valence-electron chi connectivity index (χ2n) is 3.34. The normalized spacial score (nSPS) is 11.0. The molecule has 0 saturated carbocycles. The lowest BCUT2D eigenvalue weighted by Gasteiger charge is -2.01. The minimum Gasteiger partial charge on any atom is -0.319 e. The second-order valence-corrected chi connectivity index (χ2v) is 3.34. The lowest BCUT2D eigenvalue weighted by molar-refractivity contribution is 0.775. The summed E-state index contributed by atoms with van der Waals surface area (Å²) < 4.78 is 2.02. The van der Waals surface area contributed by atoms with Gasteiger partial charge in [0.25, 0.3) is 0 Å². The number of likely N-dealkylation sites (N-methyl/N-ethyl adjacent to an activating group) is 1. The zero-order chi connectivity index (χ0) is 9.97. The maximum absolute atomic E-state index is 4.44. The molecule has 0 aliphatic carbocycles. The van der Waals surface area contributed by atoms with Crippen molar-refractivity contribution in [3.63, 3.8) is 0 Å². The van der Waals surface area contributed by atoms with Gasteiger partial charge in [0.2, 0.25) is 0 Å². The molecule has 0 spiro atoms. The quantitative estimate of drug-likeness (QED) is 0.778. The molecule has 14 heavy (non-hydrogen) atoms. The third-order valence-corrected chi connectivity index (χ3v) is 2.18.